The quantitative estimate of drug-likeness (QED) is 0.651. The maximum atomic E-state index is 11.7. The molecule has 0 radical (unpaired) electrons. The van der Waals surface area contributed by atoms with Gasteiger partial charge in [0.05, 0.1) is 12.8 Å². The van der Waals surface area contributed by atoms with Gasteiger partial charge in [0.1, 0.15) is 6.04 Å². The Kier molecular flexibility index (Phi) is 6.58. The van der Waals surface area contributed by atoms with Crippen molar-refractivity contribution >= 4 is 5.97 Å². The Morgan fingerprint density at radius 2 is 2.05 bits per heavy atom. The number of carbonyl (C=O) groups is 1. The van der Waals surface area contributed by atoms with Gasteiger partial charge in [-0.3, -0.25) is 9.69 Å². The van der Waals surface area contributed by atoms with E-state index in [0.717, 1.165) is 0 Å². The molecule has 1 aromatic rings. The van der Waals surface area contributed by atoms with Crippen molar-refractivity contribution in [2.45, 2.75) is 33.4 Å². The van der Waals surface area contributed by atoms with Gasteiger partial charge in [0, 0.05) is 24.8 Å². The summed E-state index contributed by atoms with van der Waals surface area (Å²) in [6.07, 6.45) is 1.18. The molecule has 3 N–H and O–H groups in total. The Morgan fingerprint density at radius 1 is 1.41 bits per heavy atom. The molecular formula is C15H24N2O5. The number of aromatic nitrogens is 1. The lowest BCUT2D eigenvalue weighted by molar-refractivity contribution is -0.142. The van der Waals surface area contributed by atoms with Crippen molar-refractivity contribution in [1.29, 1.82) is 0 Å². The number of carboxylic acids is 1. The minimum Gasteiger partial charge on any atom is -0.503 e. The predicted molar refractivity (Wildman–Crippen MR) is 81.9 cm³/mol. The molecular weight excluding hydrogens is 288 g/mol. The Morgan fingerprint density at radius 3 is 2.50 bits per heavy atom. The molecule has 1 aromatic heterocycles. The fraction of sp³-hybridized carbons (Fsp3) is 0.600. The van der Waals surface area contributed by atoms with Gasteiger partial charge < -0.3 is 19.9 Å². The summed E-state index contributed by atoms with van der Waals surface area (Å²) >= 11 is 0. The van der Waals surface area contributed by atoms with E-state index in [9.17, 15) is 19.8 Å². The highest BCUT2D eigenvalue weighted by molar-refractivity contribution is 5.72. The maximum absolute atomic E-state index is 11.7. The molecule has 0 spiro atoms. The summed E-state index contributed by atoms with van der Waals surface area (Å²) in [5.74, 6) is -1.71. The average molecular weight is 312 g/mol. The number of aliphatic hydroxyl groups is 1. The molecule has 124 valence electrons. The normalized spacial score (nSPS) is 12.8. The number of nitrogens with zero attached hydrogens (tertiary/aromatic N) is 2. The van der Waals surface area contributed by atoms with E-state index in [2.05, 4.69) is 0 Å². The van der Waals surface area contributed by atoms with Crippen LogP contribution in [-0.4, -0.2) is 50.5 Å². The predicted octanol–water partition coefficient (Wildman–Crippen LogP) is 0.650. The van der Waals surface area contributed by atoms with E-state index < -0.39 is 23.2 Å². The monoisotopic (exact) mass is 312 g/mol. The number of hydrogen-bond acceptors (Lipinski definition) is 5. The van der Waals surface area contributed by atoms with Gasteiger partial charge in [-0.2, -0.15) is 0 Å². The molecule has 1 rings (SSSR count). The minimum absolute atomic E-state index is 0.0251. The molecule has 0 fully saturated rings. The second-order valence-corrected chi connectivity index (χ2v) is 5.54. The molecule has 0 bridgehead atoms. The molecule has 22 heavy (non-hydrogen) atoms. The molecule has 1 atom stereocenters. The summed E-state index contributed by atoms with van der Waals surface area (Å²) in [4.78, 5) is 25.1. The Balaban J connectivity index is 3.33. The van der Waals surface area contributed by atoms with E-state index in [-0.39, 0.29) is 12.5 Å². The molecule has 1 unspecified atom stereocenters. The molecule has 7 nitrogen and oxygen atoms in total. The van der Waals surface area contributed by atoms with E-state index in [1.165, 1.54) is 16.8 Å². The van der Waals surface area contributed by atoms with Crippen LogP contribution in [0.15, 0.2) is 17.1 Å². The summed E-state index contributed by atoms with van der Waals surface area (Å²) in [7, 11) is 0. The van der Waals surface area contributed by atoms with Crippen molar-refractivity contribution in [1.82, 2.24) is 9.47 Å². The number of rotatable bonds is 8. The zero-order valence-electron chi connectivity index (χ0n) is 13.2. The average Bonchev–Trinajstić information content (AvgIpc) is 2.42. The molecule has 0 saturated carbocycles. The molecule has 0 aliphatic rings. The summed E-state index contributed by atoms with van der Waals surface area (Å²) in [6.45, 7) is 6.81. The summed E-state index contributed by atoms with van der Waals surface area (Å²) < 4.78 is 1.43. The van der Waals surface area contributed by atoms with Crippen LogP contribution in [0.4, 0.5) is 0 Å². The third-order valence-electron chi connectivity index (χ3n) is 3.58. The fourth-order valence-electron chi connectivity index (χ4n) is 2.41. The van der Waals surface area contributed by atoms with E-state index >= 15 is 0 Å². The Hall–Kier alpha value is -1.86. The molecule has 0 aliphatic carbocycles. The third kappa shape index (κ3) is 4.32. The third-order valence-corrected chi connectivity index (χ3v) is 3.58. The molecule has 1 heterocycles. The van der Waals surface area contributed by atoms with Crippen LogP contribution in [0.2, 0.25) is 0 Å². The van der Waals surface area contributed by atoms with Crippen molar-refractivity contribution in [3.63, 3.8) is 0 Å². The number of aliphatic carboxylic acids is 1. The van der Waals surface area contributed by atoms with Gasteiger partial charge in [0.2, 0.25) is 5.43 Å². The van der Waals surface area contributed by atoms with Gasteiger partial charge in [0.25, 0.3) is 0 Å². The van der Waals surface area contributed by atoms with Gasteiger partial charge in [-0.15, -0.1) is 0 Å². The summed E-state index contributed by atoms with van der Waals surface area (Å²) in [5, 5.41) is 28.1. The van der Waals surface area contributed by atoms with Gasteiger partial charge in [-0.05, 0) is 12.5 Å². The van der Waals surface area contributed by atoms with Crippen molar-refractivity contribution < 1.29 is 20.1 Å². The Labute approximate surface area is 129 Å². The summed E-state index contributed by atoms with van der Waals surface area (Å²) in [6, 6.07) is 0.377. The van der Waals surface area contributed by atoms with Crippen LogP contribution < -0.4 is 5.43 Å². The van der Waals surface area contributed by atoms with E-state index in [1.807, 2.05) is 11.8 Å². The molecule has 0 aromatic carbocycles. The van der Waals surface area contributed by atoms with E-state index in [0.29, 0.717) is 25.3 Å². The standard InChI is InChI=1S/C15H24N2O5/c1-4-16(5-6-18)8-11-7-12(19)13(20)9-17(11)14(10(2)3)15(21)22/h7,9-10,14,18,20H,4-6,8H2,1-3H3,(H,21,22). The number of pyridine rings is 1. The number of likely N-dealkylation sites (N-methyl/N-ethyl adjacent to an activating group) is 1. The molecule has 0 amide bonds. The largest absolute Gasteiger partial charge is 0.503 e. The first kappa shape index (κ1) is 18.2. The van der Waals surface area contributed by atoms with Gasteiger partial charge in [-0.1, -0.05) is 20.8 Å². The van der Waals surface area contributed by atoms with Gasteiger partial charge >= 0.3 is 5.97 Å². The maximum Gasteiger partial charge on any atom is 0.326 e. The SMILES string of the molecule is CCN(CCO)Cc1cc(=O)c(O)cn1C(C(=O)O)C(C)C. The van der Waals surface area contributed by atoms with Crippen LogP contribution in [0.5, 0.6) is 5.75 Å². The lowest BCUT2D eigenvalue weighted by Gasteiger charge is -2.27. The van der Waals surface area contributed by atoms with E-state index in [4.69, 9.17) is 5.11 Å². The van der Waals surface area contributed by atoms with E-state index in [1.54, 1.807) is 13.8 Å². The van der Waals surface area contributed by atoms with Crippen LogP contribution in [0.25, 0.3) is 0 Å². The first-order valence-corrected chi connectivity index (χ1v) is 7.31. The van der Waals surface area contributed by atoms with Crippen molar-refractivity contribution in [2.24, 2.45) is 5.92 Å². The highest BCUT2D eigenvalue weighted by Crippen LogP contribution is 2.22. The first-order chi connectivity index (χ1) is 10.3. The smallest absolute Gasteiger partial charge is 0.326 e. The van der Waals surface area contributed by atoms with Gasteiger partial charge in [0.15, 0.2) is 5.75 Å². The zero-order valence-corrected chi connectivity index (χ0v) is 13.2. The first-order valence-electron chi connectivity index (χ1n) is 7.31. The van der Waals surface area contributed by atoms with Crippen molar-refractivity contribution in [3.05, 3.63) is 28.2 Å². The topological polar surface area (TPSA) is 103 Å². The zero-order chi connectivity index (χ0) is 16.9. The number of hydrogen-bond donors (Lipinski definition) is 3. The van der Waals surface area contributed by atoms with Crippen LogP contribution in [-0.2, 0) is 11.3 Å². The van der Waals surface area contributed by atoms with Crippen LogP contribution >= 0.6 is 0 Å². The van der Waals surface area contributed by atoms with Crippen LogP contribution in [0.3, 0.4) is 0 Å². The number of aromatic hydroxyl groups is 1. The van der Waals surface area contributed by atoms with Crippen molar-refractivity contribution in [2.75, 3.05) is 19.7 Å². The number of aliphatic hydroxyl groups excluding tert-OH is 1. The summed E-state index contributed by atoms with van der Waals surface area (Å²) in [5.41, 5.74) is -0.0432. The van der Waals surface area contributed by atoms with Crippen molar-refractivity contribution in [3.8, 4) is 5.75 Å². The van der Waals surface area contributed by atoms with Gasteiger partial charge in [-0.25, -0.2) is 4.79 Å². The lowest BCUT2D eigenvalue weighted by Crippen LogP contribution is -2.32. The highest BCUT2D eigenvalue weighted by atomic mass is 16.4. The molecule has 0 saturated heterocycles. The lowest BCUT2D eigenvalue weighted by atomic mass is 10.0. The minimum atomic E-state index is -1.02. The second-order valence-electron chi connectivity index (χ2n) is 5.54. The van der Waals surface area contributed by atoms with Crippen LogP contribution in [0.1, 0.15) is 32.5 Å². The fourth-order valence-corrected chi connectivity index (χ4v) is 2.41. The molecule has 0 aliphatic heterocycles. The number of carboxylic acid groups (broad SMARTS) is 1. The van der Waals surface area contributed by atoms with Crippen LogP contribution in [0, 0.1) is 5.92 Å². The second kappa shape index (κ2) is 7.95. The highest BCUT2D eigenvalue weighted by Gasteiger charge is 2.26. The Bertz CT molecular complexity index is 568. The molecule has 7 heteroatoms.